The van der Waals surface area contributed by atoms with Gasteiger partial charge in [-0.1, -0.05) is 36.9 Å². The number of ether oxygens (including phenoxy) is 1. The number of carbonyl (C=O) groups excluding carboxylic acids is 1. The van der Waals surface area contributed by atoms with Gasteiger partial charge in [0.15, 0.2) is 5.16 Å². The summed E-state index contributed by atoms with van der Waals surface area (Å²) in [6.07, 6.45) is 0.189. The Kier molecular flexibility index (Phi) is 5.13. The summed E-state index contributed by atoms with van der Waals surface area (Å²) < 4.78 is 5.88. The maximum atomic E-state index is 12.7. The molecule has 6 nitrogen and oxygen atoms in total. The number of thioether (sulfide) groups is 1. The van der Waals surface area contributed by atoms with Crippen molar-refractivity contribution in [1.82, 2.24) is 9.97 Å². The van der Waals surface area contributed by atoms with Gasteiger partial charge in [-0.25, -0.2) is 4.98 Å². The van der Waals surface area contributed by atoms with Crippen LogP contribution >= 0.6 is 11.8 Å². The second kappa shape index (κ2) is 7.31. The van der Waals surface area contributed by atoms with Crippen LogP contribution in [0.3, 0.4) is 0 Å². The summed E-state index contributed by atoms with van der Waals surface area (Å²) >= 11 is 1.43. The molecule has 0 saturated heterocycles. The predicted octanol–water partition coefficient (Wildman–Crippen LogP) is 3.14. The molecule has 2 aromatic rings. The number of fused-ring (bicyclic) bond motifs is 1. The molecule has 0 spiro atoms. The fourth-order valence-corrected chi connectivity index (χ4v) is 3.55. The van der Waals surface area contributed by atoms with Crippen molar-refractivity contribution in [1.29, 1.82) is 0 Å². The van der Waals surface area contributed by atoms with E-state index in [0.717, 1.165) is 11.3 Å². The lowest BCUT2D eigenvalue weighted by Gasteiger charge is -2.26. The van der Waals surface area contributed by atoms with Gasteiger partial charge < -0.3 is 15.0 Å². The molecule has 1 amide bonds. The van der Waals surface area contributed by atoms with Crippen LogP contribution in [0.15, 0.2) is 34.2 Å². The predicted molar refractivity (Wildman–Crippen MR) is 98.6 cm³/mol. The molecule has 0 unspecified atom stereocenters. The molecule has 0 saturated carbocycles. The molecular weight excluding hydrogens is 338 g/mol. The van der Waals surface area contributed by atoms with Gasteiger partial charge in [-0.15, -0.1) is 0 Å². The van der Waals surface area contributed by atoms with Crippen LogP contribution in [0.1, 0.15) is 44.2 Å². The number of rotatable bonds is 5. The molecule has 1 aromatic heterocycles. The van der Waals surface area contributed by atoms with Crippen LogP contribution < -0.4 is 15.6 Å². The molecule has 1 atom stereocenters. The van der Waals surface area contributed by atoms with Crippen molar-refractivity contribution in [2.45, 2.75) is 44.4 Å². The molecular formula is C18H21N3O3S. The molecule has 2 heterocycles. The van der Waals surface area contributed by atoms with Crippen molar-refractivity contribution in [2.24, 2.45) is 0 Å². The quantitative estimate of drug-likeness (QED) is 0.633. The second-order valence-electron chi connectivity index (χ2n) is 6.08. The highest BCUT2D eigenvalue weighted by Gasteiger charge is 2.32. The number of aromatic nitrogens is 2. The number of aromatic amines is 1. The first-order chi connectivity index (χ1) is 12.0. The molecule has 0 fully saturated rings. The first kappa shape index (κ1) is 17.5. The molecule has 1 aromatic carbocycles. The summed E-state index contributed by atoms with van der Waals surface area (Å²) in [7, 11) is 0. The fraction of sp³-hybridized carbons (Fsp3) is 0.389. The van der Waals surface area contributed by atoms with E-state index in [4.69, 9.17) is 4.74 Å². The van der Waals surface area contributed by atoms with Crippen LogP contribution in [0.2, 0.25) is 0 Å². The zero-order valence-corrected chi connectivity index (χ0v) is 15.3. The van der Waals surface area contributed by atoms with Crippen molar-refractivity contribution < 1.29 is 9.53 Å². The third kappa shape index (κ3) is 3.71. The van der Waals surface area contributed by atoms with Crippen molar-refractivity contribution in [3.63, 3.8) is 0 Å². The van der Waals surface area contributed by atoms with E-state index in [1.807, 2.05) is 45.0 Å². The Bertz CT molecular complexity index is 848. The van der Waals surface area contributed by atoms with Gasteiger partial charge in [-0.3, -0.25) is 9.59 Å². The third-order valence-corrected chi connectivity index (χ3v) is 4.62. The van der Waals surface area contributed by atoms with Crippen LogP contribution in [0.4, 0.5) is 5.82 Å². The zero-order valence-electron chi connectivity index (χ0n) is 14.5. The minimum absolute atomic E-state index is 0.00206. The SMILES string of the molecule is CCSc1nc2c(c(=O)[nH]1)[C@@H](c1ccccc1OC(C)C)CC(=O)N2. The number of hydrogen-bond donors (Lipinski definition) is 2. The summed E-state index contributed by atoms with van der Waals surface area (Å²) in [5.74, 6) is 1.29. The highest BCUT2D eigenvalue weighted by atomic mass is 32.2. The minimum atomic E-state index is -0.379. The van der Waals surface area contributed by atoms with Crippen LogP contribution in [0.25, 0.3) is 0 Å². The molecule has 25 heavy (non-hydrogen) atoms. The van der Waals surface area contributed by atoms with Crippen molar-refractivity contribution >= 4 is 23.5 Å². The Labute approximate surface area is 150 Å². The van der Waals surface area contributed by atoms with E-state index in [9.17, 15) is 9.59 Å². The highest BCUT2D eigenvalue weighted by molar-refractivity contribution is 7.99. The first-order valence-corrected chi connectivity index (χ1v) is 9.30. The maximum absolute atomic E-state index is 12.7. The van der Waals surface area contributed by atoms with E-state index in [-0.39, 0.29) is 29.9 Å². The van der Waals surface area contributed by atoms with Crippen molar-refractivity contribution in [3.8, 4) is 5.75 Å². The normalized spacial score (nSPS) is 16.5. The summed E-state index contributed by atoms with van der Waals surface area (Å²) in [6.45, 7) is 5.87. The van der Waals surface area contributed by atoms with E-state index in [2.05, 4.69) is 15.3 Å². The van der Waals surface area contributed by atoms with Crippen LogP contribution in [-0.2, 0) is 4.79 Å². The van der Waals surface area contributed by atoms with Gasteiger partial charge >= 0.3 is 0 Å². The monoisotopic (exact) mass is 359 g/mol. The molecule has 0 bridgehead atoms. The van der Waals surface area contributed by atoms with E-state index < -0.39 is 0 Å². The van der Waals surface area contributed by atoms with Crippen molar-refractivity contribution in [3.05, 3.63) is 45.7 Å². The lowest BCUT2D eigenvalue weighted by atomic mass is 9.86. The van der Waals surface area contributed by atoms with Gasteiger partial charge in [-0.05, 0) is 25.7 Å². The number of anilines is 1. The lowest BCUT2D eigenvalue weighted by Crippen LogP contribution is -2.31. The smallest absolute Gasteiger partial charge is 0.257 e. The number of hydrogen-bond acceptors (Lipinski definition) is 5. The molecule has 1 aliphatic heterocycles. The molecule has 0 aliphatic carbocycles. The minimum Gasteiger partial charge on any atom is -0.491 e. The maximum Gasteiger partial charge on any atom is 0.257 e. The molecule has 0 radical (unpaired) electrons. The molecule has 7 heteroatoms. The van der Waals surface area contributed by atoms with Crippen LogP contribution in [-0.4, -0.2) is 27.7 Å². The largest absolute Gasteiger partial charge is 0.491 e. The fourth-order valence-electron chi connectivity index (χ4n) is 2.95. The number of nitrogens with one attached hydrogen (secondary N) is 2. The molecule has 1 aliphatic rings. The lowest BCUT2D eigenvalue weighted by molar-refractivity contribution is -0.116. The van der Waals surface area contributed by atoms with Crippen LogP contribution in [0, 0.1) is 0 Å². The Balaban J connectivity index is 2.12. The van der Waals surface area contributed by atoms with Gasteiger partial charge in [0.05, 0.1) is 11.7 Å². The van der Waals surface area contributed by atoms with E-state index in [0.29, 0.717) is 22.3 Å². The van der Waals surface area contributed by atoms with Gasteiger partial charge in [0, 0.05) is 17.9 Å². The summed E-state index contributed by atoms with van der Waals surface area (Å²) in [6, 6.07) is 7.54. The first-order valence-electron chi connectivity index (χ1n) is 8.32. The number of nitrogens with zero attached hydrogens (tertiary/aromatic N) is 1. The van der Waals surface area contributed by atoms with Gasteiger partial charge in [-0.2, -0.15) is 0 Å². The Hall–Kier alpha value is -2.28. The average Bonchev–Trinajstić information content (AvgIpc) is 2.54. The van der Waals surface area contributed by atoms with E-state index >= 15 is 0 Å². The molecule has 3 rings (SSSR count). The van der Waals surface area contributed by atoms with Gasteiger partial charge in [0.1, 0.15) is 11.6 Å². The highest BCUT2D eigenvalue weighted by Crippen LogP contribution is 2.38. The number of para-hydroxylation sites is 1. The zero-order chi connectivity index (χ0) is 18.0. The van der Waals surface area contributed by atoms with Gasteiger partial charge in [0.2, 0.25) is 5.91 Å². The topological polar surface area (TPSA) is 84.1 Å². The summed E-state index contributed by atoms with van der Waals surface area (Å²) in [5, 5.41) is 3.25. The van der Waals surface area contributed by atoms with E-state index in [1.54, 1.807) is 0 Å². The number of carbonyl (C=O) groups is 1. The second-order valence-corrected chi connectivity index (χ2v) is 7.33. The average molecular weight is 359 g/mol. The molecule has 132 valence electrons. The van der Waals surface area contributed by atoms with Gasteiger partial charge in [0.25, 0.3) is 5.56 Å². The van der Waals surface area contributed by atoms with Crippen LogP contribution in [0.5, 0.6) is 5.75 Å². The third-order valence-electron chi connectivity index (χ3n) is 3.87. The standard InChI is InChI=1S/C18H21N3O3S/c1-4-25-18-20-16-15(17(23)21-18)12(9-14(22)19-16)11-7-5-6-8-13(11)24-10(2)3/h5-8,10,12H,4,9H2,1-3H3,(H2,19,20,21,22,23)/t12-/m1/s1. The van der Waals surface area contributed by atoms with Crippen molar-refractivity contribution in [2.75, 3.05) is 11.1 Å². The Morgan fingerprint density at radius 1 is 1.32 bits per heavy atom. The number of benzene rings is 1. The van der Waals surface area contributed by atoms with E-state index in [1.165, 1.54) is 11.8 Å². The number of H-pyrrole nitrogens is 1. The summed E-state index contributed by atoms with van der Waals surface area (Å²) in [5.41, 5.74) is 1.10. The molecule has 2 N–H and O–H groups in total. The Morgan fingerprint density at radius 3 is 2.80 bits per heavy atom. The summed E-state index contributed by atoms with van der Waals surface area (Å²) in [4.78, 5) is 32.1. The number of amides is 1. The Morgan fingerprint density at radius 2 is 2.08 bits per heavy atom.